The summed E-state index contributed by atoms with van der Waals surface area (Å²) in [5, 5.41) is 5.66. The number of para-hydroxylation sites is 1. The van der Waals surface area contributed by atoms with E-state index in [4.69, 9.17) is 18.9 Å². The minimum absolute atomic E-state index is 0.134. The standard InChI is InChI=1S/C24H20N2O6/c27-23(12-15-5-7-19-21(11-15)30-10-9-29-19)26-18-4-2-1-3-17(18)24(28)25-16-6-8-20-22(13-16)32-14-31-20/h1-8,11,13H,9-10,12,14H2,(H,25,28)(H,26,27). The summed E-state index contributed by atoms with van der Waals surface area (Å²) >= 11 is 0. The third-order valence-electron chi connectivity index (χ3n) is 5.05. The van der Waals surface area contributed by atoms with Gasteiger partial charge in [-0.15, -0.1) is 0 Å². The molecule has 0 unspecified atom stereocenters. The predicted octanol–water partition coefficient (Wildman–Crippen LogP) is 3.62. The van der Waals surface area contributed by atoms with Crippen molar-refractivity contribution in [2.24, 2.45) is 0 Å². The molecule has 0 fully saturated rings. The van der Waals surface area contributed by atoms with E-state index < -0.39 is 0 Å². The van der Waals surface area contributed by atoms with E-state index in [0.29, 0.717) is 53.2 Å². The second kappa shape index (κ2) is 8.50. The van der Waals surface area contributed by atoms with Gasteiger partial charge < -0.3 is 29.6 Å². The van der Waals surface area contributed by atoms with E-state index in [1.807, 2.05) is 6.07 Å². The molecule has 0 spiro atoms. The molecule has 32 heavy (non-hydrogen) atoms. The van der Waals surface area contributed by atoms with Gasteiger partial charge in [0, 0.05) is 11.8 Å². The van der Waals surface area contributed by atoms with E-state index in [9.17, 15) is 9.59 Å². The molecule has 3 aromatic rings. The van der Waals surface area contributed by atoms with Gasteiger partial charge in [0.25, 0.3) is 5.91 Å². The number of hydrogen-bond donors (Lipinski definition) is 2. The van der Waals surface area contributed by atoms with Crippen molar-refractivity contribution >= 4 is 23.2 Å². The minimum atomic E-state index is -0.348. The van der Waals surface area contributed by atoms with Crippen molar-refractivity contribution in [1.82, 2.24) is 0 Å². The predicted molar refractivity (Wildman–Crippen MR) is 117 cm³/mol. The SMILES string of the molecule is O=C(Cc1ccc2c(c1)OCCO2)Nc1ccccc1C(=O)Nc1ccc2c(c1)OCO2. The molecule has 0 atom stereocenters. The number of rotatable bonds is 5. The maximum Gasteiger partial charge on any atom is 0.257 e. The molecular formula is C24H20N2O6. The van der Waals surface area contributed by atoms with E-state index in [0.717, 1.165) is 5.56 Å². The number of hydrogen-bond acceptors (Lipinski definition) is 6. The third-order valence-corrected chi connectivity index (χ3v) is 5.05. The molecule has 0 aromatic heterocycles. The summed E-state index contributed by atoms with van der Waals surface area (Å²) in [5.74, 6) is 1.92. The Balaban J connectivity index is 1.28. The summed E-state index contributed by atoms with van der Waals surface area (Å²) in [6, 6.07) is 17.4. The summed E-state index contributed by atoms with van der Waals surface area (Å²) in [6.07, 6.45) is 0.134. The summed E-state index contributed by atoms with van der Waals surface area (Å²) in [4.78, 5) is 25.5. The molecular weight excluding hydrogens is 412 g/mol. The van der Waals surface area contributed by atoms with Crippen LogP contribution in [0.5, 0.6) is 23.0 Å². The molecule has 0 radical (unpaired) electrons. The van der Waals surface area contributed by atoms with Crippen molar-refractivity contribution in [1.29, 1.82) is 0 Å². The van der Waals surface area contributed by atoms with Gasteiger partial charge in [0.05, 0.1) is 17.7 Å². The number of anilines is 2. The Labute approximate surface area is 184 Å². The number of amides is 2. The topological polar surface area (TPSA) is 95.1 Å². The van der Waals surface area contributed by atoms with Crippen LogP contribution in [0.2, 0.25) is 0 Å². The summed E-state index contributed by atoms with van der Waals surface area (Å²) in [6.45, 7) is 1.15. The van der Waals surface area contributed by atoms with Crippen molar-refractivity contribution in [2.45, 2.75) is 6.42 Å². The van der Waals surface area contributed by atoms with Crippen molar-refractivity contribution in [3.63, 3.8) is 0 Å². The lowest BCUT2D eigenvalue weighted by Gasteiger charge is -2.18. The lowest BCUT2D eigenvalue weighted by atomic mass is 10.1. The van der Waals surface area contributed by atoms with Gasteiger partial charge in [0.1, 0.15) is 13.2 Å². The van der Waals surface area contributed by atoms with Gasteiger partial charge in [0.2, 0.25) is 12.7 Å². The van der Waals surface area contributed by atoms with E-state index in [-0.39, 0.29) is 25.0 Å². The average Bonchev–Trinajstić information content (AvgIpc) is 3.27. The Kier molecular flexibility index (Phi) is 5.25. The van der Waals surface area contributed by atoms with Crippen LogP contribution >= 0.6 is 0 Å². The number of ether oxygens (including phenoxy) is 4. The van der Waals surface area contributed by atoms with Crippen LogP contribution in [-0.4, -0.2) is 31.8 Å². The zero-order valence-corrected chi connectivity index (χ0v) is 17.1. The molecule has 0 saturated heterocycles. The van der Waals surface area contributed by atoms with Crippen LogP contribution in [0.15, 0.2) is 60.7 Å². The summed E-state index contributed by atoms with van der Waals surface area (Å²) < 4.78 is 21.7. The largest absolute Gasteiger partial charge is 0.486 e. The van der Waals surface area contributed by atoms with Crippen molar-refractivity contribution in [2.75, 3.05) is 30.6 Å². The normalized spacial score (nSPS) is 13.4. The van der Waals surface area contributed by atoms with Crippen molar-refractivity contribution in [3.8, 4) is 23.0 Å². The molecule has 8 nitrogen and oxygen atoms in total. The molecule has 0 aliphatic carbocycles. The summed E-state index contributed by atoms with van der Waals surface area (Å²) in [7, 11) is 0. The van der Waals surface area contributed by atoms with E-state index in [1.165, 1.54) is 0 Å². The van der Waals surface area contributed by atoms with Crippen LogP contribution in [0.4, 0.5) is 11.4 Å². The first-order valence-electron chi connectivity index (χ1n) is 10.1. The molecule has 2 aliphatic rings. The highest BCUT2D eigenvalue weighted by Gasteiger charge is 2.18. The first-order valence-corrected chi connectivity index (χ1v) is 10.1. The van der Waals surface area contributed by atoms with E-state index in [2.05, 4.69) is 10.6 Å². The fourth-order valence-electron chi connectivity index (χ4n) is 3.54. The first kappa shape index (κ1) is 19.7. The van der Waals surface area contributed by atoms with Gasteiger partial charge in [-0.05, 0) is 42.0 Å². The Morgan fingerprint density at radius 3 is 2.38 bits per heavy atom. The number of fused-ring (bicyclic) bond motifs is 2. The highest BCUT2D eigenvalue weighted by atomic mass is 16.7. The molecule has 2 N–H and O–H groups in total. The zero-order valence-electron chi connectivity index (χ0n) is 17.1. The molecule has 5 rings (SSSR count). The van der Waals surface area contributed by atoms with Gasteiger partial charge in [-0.3, -0.25) is 9.59 Å². The Hall–Kier alpha value is -4.20. The van der Waals surface area contributed by atoms with Crippen LogP contribution in [0.1, 0.15) is 15.9 Å². The lowest BCUT2D eigenvalue weighted by Crippen LogP contribution is -2.20. The van der Waals surface area contributed by atoms with Gasteiger partial charge in [-0.1, -0.05) is 18.2 Å². The average molecular weight is 432 g/mol. The molecule has 3 aromatic carbocycles. The quantitative estimate of drug-likeness (QED) is 0.640. The fourth-order valence-corrected chi connectivity index (χ4v) is 3.54. The van der Waals surface area contributed by atoms with Crippen LogP contribution in [0, 0.1) is 0 Å². The fraction of sp³-hybridized carbons (Fsp3) is 0.167. The minimum Gasteiger partial charge on any atom is -0.486 e. The smallest absolute Gasteiger partial charge is 0.257 e. The van der Waals surface area contributed by atoms with Crippen LogP contribution in [-0.2, 0) is 11.2 Å². The highest BCUT2D eigenvalue weighted by molar-refractivity contribution is 6.10. The molecule has 2 amide bonds. The van der Waals surface area contributed by atoms with Gasteiger partial charge in [-0.2, -0.15) is 0 Å². The van der Waals surface area contributed by atoms with Crippen LogP contribution < -0.4 is 29.6 Å². The second-order valence-corrected chi connectivity index (χ2v) is 7.27. The number of benzene rings is 3. The van der Waals surface area contributed by atoms with Gasteiger partial charge in [-0.25, -0.2) is 0 Å². The first-order chi connectivity index (χ1) is 15.7. The molecule has 8 heteroatoms. The Bertz CT molecular complexity index is 1190. The Morgan fingerprint density at radius 1 is 0.750 bits per heavy atom. The summed E-state index contributed by atoms with van der Waals surface area (Å²) in [5.41, 5.74) is 2.12. The molecule has 0 bridgehead atoms. The zero-order chi connectivity index (χ0) is 21.9. The second-order valence-electron chi connectivity index (χ2n) is 7.27. The third kappa shape index (κ3) is 4.15. The Morgan fingerprint density at radius 2 is 1.47 bits per heavy atom. The highest BCUT2D eigenvalue weighted by Crippen LogP contribution is 2.34. The number of nitrogens with one attached hydrogen (secondary N) is 2. The molecule has 2 heterocycles. The van der Waals surface area contributed by atoms with Crippen molar-refractivity contribution in [3.05, 3.63) is 71.8 Å². The van der Waals surface area contributed by atoms with Gasteiger partial charge >= 0.3 is 0 Å². The monoisotopic (exact) mass is 432 g/mol. The van der Waals surface area contributed by atoms with E-state index >= 15 is 0 Å². The lowest BCUT2D eigenvalue weighted by molar-refractivity contribution is -0.115. The van der Waals surface area contributed by atoms with Gasteiger partial charge in [0.15, 0.2) is 23.0 Å². The van der Waals surface area contributed by atoms with Crippen molar-refractivity contribution < 1.29 is 28.5 Å². The molecule has 2 aliphatic heterocycles. The molecule has 0 saturated carbocycles. The maximum atomic E-state index is 12.9. The van der Waals surface area contributed by atoms with Crippen LogP contribution in [0.3, 0.4) is 0 Å². The molecule has 162 valence electrons. The number of carbonyl (C=O) groups is 2. The van der Waals surface area contributed by atoms with E-state index in [1.54, 1.807) is 54.6 Å². The van der Waals surface area contributed by atoms with Crippen LogP contribution in [0.25, 0.3) is 0 Å². The maximum absolute atomic E-state index is 12.9. The number of carbonyl (C=O) groups excluding carboxylic acids is 2.